The van der Waals surface area contributed by atoms with Crippen LogP contribution in [0.2, 0.25) is 0 Å². The van der Waals surface area contributed by atoms with Crippen LogP contribution in [0, 0.1) is 5.82 Å². The Morgan fingerprint density at radius 2 is 1.93 bits per heavy atom. The number of hydrogen-bond donors (Lipinski definition) is 2. The van der Waals surface area contributed by atoms with Crippen LogP contribution < -0.4 is 4.72 Å². The van der Waals surface area contributed by atoms with Crippen molar-refractivity contribution in [2.75, 3.05) is 13.2 Å². The van der Waals surface area contributed by atoms with Gasteiger partial charge in [0.25, 0.3) is 0 Å². The molecule has 0 aliphatic heterocycles. The summed E-state index contributed by atoms with van der Waals surface area (Å²) in [5.74, 6) is -2.05. The lowest BCUT2D eigenvalue weighted by atomic mass is 10.1. The quantitative estimate of drug-likeness (QED) is 0.432. The predicted octanol–water partition coefficient (Wildman–Crippen LogP) is 2.57. The summed E-state index contributed by atoms with van der Waals surface area (Å²) in [4.78, 5) is 27.0. The second-order valence-electron chi connectivity index (χ2n) is 6.26. The van der Waals surface area contributed by atoms with E-state index in [9.17, 15) is 22.4 Å². The molecule has 0 atom stereocenters. The molecule has 9 heteroatoms. The number of aryl methyl sites for hydroxylation is 1. The Labute approximate surface area is 166 Å². The van der Waals surface area contributed by atoms with Crippen molar-refractivity contribution >= 4 is 32.7 Å². The van der Waals surface area contributed by atoms with E-state index in [2.05, 4.69) is 4.98 Å². The van der Waals surface area contributed by atoms with Gasteiger partial charge in [-0.15, -0.1) is 0 Å². The molecule has 1 aromatic heterocycles. The van der Waals surface area contributed by atoms with Gasteiger partial charge < -0.3 is 9.72 Å². The van der Waals surface area contributed by atoms with Crippen molar-refractivity contribution in [1.82, 2.24) is 9.71 Å². The molecule has 0 spiro atoms. The number of carbonyl (C=O) groups excluding carboxylic acids is 2. The summed E-state index contributed by atoms with van der Waals surface area (Å²) in [5.41, 5.74) is 2.31. The number of benzene rings is 2. The molecule has 3 rings (SSSR count). The molecule has 2 aromatic carbocycles. The highest BCUT2D eigenvalue weighted by atomic mass is 32.2. The lowest BCUT2D eigenvalue weighted by Gasteiger charge is -2.07. The first-order valence-electron chi connectivity index (χ1n) is 8.85. The number of esters is 1. The van der Waals surface area contributed by atoms with E-state index in [4.69, 9.17) is 4.74 Å². The maximum Gasteiger partial charge on any atom is 0.321 e. The fraction of sp³-hybridized carbons (Fsp3) is 0.200. The first kappa shape index (κ1) is 20.7. The van der Waals surface area contributed by atoms with E-state index in [1.807, 2.05) is 23.8 Å². The molecule has 2 N–H and O–H groups in total. The van der Waals surface area contributed by atoms with E-state index >= 15 is 0 Å². The lowest BCUT2D eigenvalue weighted by molar-refractivity contribution is -0.141. The molecule has 29 heavy (non-hydrogen) atoms. The van der Waals surface area contributed by atoms with Crippen LogP contribution in [-0.4, -0.2) is 38.3 Å². The monoisotopic (exact) mass is 418 g/mol. The number of fused-ring (bicyclic) bond motifs is 1. The average molecular weight is 418 g/mol. The van der Waals surface area contributed by atoms with Crippen molar-refractivity contribution in [3.63, 3.8) is 0 Å². The predicted molar refractivity (Wildman–Crippen MR) is 105 cm³/mol. The minimum Gasteiger partial charge on any atom is -0.456 e. The summed E-state index contributed by atoms with van der Waals surface area (Å²) in [6.45, 7) is 0.799. The van der Waals surface area contributed by atoms with Crippen LogP contribution in [0.15, 0.2) is 53.6 Å². The van der Waals surface area contributed by atoms with Gasteiger partial charge in [0.1, 0.15) is 12.4 Å². The molecule has 0 aliphatic carbocycles. The fourth-order valence-electron chi connectivity index (χ4n) is 2.89. The number of hydrogen-bond acceptors (Lipinski definition) is 5. The summed E-state index contributed by atoms with van der Waals surface area (Å²) in [6, 6.07) is 9.98. The highest BCUT2D eigenvalue weighted by Crippen LogP contribution is 2.22. The van der Waals surface area contributed by atoms with Gasteiger partial charge in [-0.2, -0.15) is 4.72 Å². The molecule has 0 saturated carbocycles. The smallest absolute Gasteiger partial charge is 0.321 e. The Kier molecular flexibility index (Phi) is 6.09. The molecule has 3 aromatic rings. The number of nitrogens with one attached hydrogen (secondary N) is 2. The third-order valence-corrected chi connectivity index (χ3v) is 5.76. The van der Waals surface area contributed by atoms with E-state index < -0.39 is 40.7 Å². The minimum atomic E-state index is -4.08. The Morgan fingerprint density at radius 3 is 2.66 bits per heavy atom. The number of Topliss-reactive ketones (excluding diaryl/α,β-unsaturated/α-hetero) is 1. The number of para-hydroxylation sites is 1. The summed E-state index contributed by atoms with van der Waals surface area (Å²) in [5, 5.41) is 0.734. The number of rotatable bonds is 8. The normalized spacial score (nSPS) is 11.5. The zero-order valence-corrected chi connectivity index (χ0v) is 16.4. The van der Waals surface area contributed by atoms with E-state index in [0.29, 0.717) is 5.56 Å². The topological polar surface area (TPSA) is 105 Å². The SMILES string of the molecule is CCc1cccc2c(C(=O)COC(=O)CNS(=O)(=O)c3cccc(F)c3)c[nH]c12. The first-order chi connectivity index (χ1) is 13.8. The van der Waals surface area contributed by atoms with Gasteiger partial charge in [0.2, 0.25) is 15.8 Å². The number of sulfonamides is 1. The number of H-pyrrole nitrogens is 1. The molecule has 0 saturated heterocycles. The molecule has 0 amide bonds. The number of ether oxygens (including phenoxy) is 1. The van der Waals surface area contributed by atoms with E-state index in [1.165, 1.54) is 12.1 Å². The maximum atomic E-state index is 13.2. The van der Waals surface area contributed by atoms with Gasteiger partial charge in [-0.3, -0.25) is 9.59 Å². The van der Waals surface area contributed by atoms with Crippen molar-refractivity contribution in [3.05, 3.63) is 65.6 Å². The Bertz CT molecular complexity index is 1170. The Morgan fingerprint density at radius 1 is 1.17 bits per heavy atom. The molecule has 0 bridgehead atoms. The lowest BCUT2D eigenvalue weighted by Crippen LogP contribution is -2.31. The average Bonchev–Trinajstić information content (AvgIpc) is 3.15. The van der Waals surface area contributed by atoms with Crippen LogP contribution in [0.25, 0.3) is 10.9 Å². The van der Waals surface area contributed by atoms with Crippen LogP contribution in [0.5, 0.6) is 0 Å². The molecule has 0 unspecified atom stereocenters. The first-order valence-corrected chi connectivity index (χ1v) is 10.3. The Hall–Kier alpha value is -3.04. The zero-order chi connectivity index (χ0) is 21.0. The zero-order valence-electron chi connectivity index (χ0n) is 15.6. The van der Waals surface area contributed by atoms with Crippen molar-refractivity contribution in [1.29, 1.82) is 0 Å². The van der Waals surface area contributed by atoms with E-state index in [0.717, 1.165) is 35.0 Å². The number of halogens is 1. The van der Waals surface area contributed by atoms with Gasteiger partial charge in [0, 0.05) is 22.7 Å². The molecular formula is C20H19FN2O5S. The van der Waals surface area contributed by atoms with Crippen molar-refractivity contribution in [2.24, 2.45) is 0 Å². The summed E-state index contributed by atoms with van der Waals surface area (Å²) in [6.07, 6.45) is 2.36. The fourth-order valence-corrected chi connectivity index (χ4v) is 3.89. The third kappa shape index (κ3) is 4.69. The molecular weight excluding hydrogens is 399 g/mol. The van der Waals surface area contributed by atoms with E-state index in [-0.39, 0.29) is 4.90 Å². The molecule has 7 nitrogen and oxygen atoms in total. The van der Waals surface area contributed by atoms with Crippen molar-refractivity contribution in [3.8, 4) is 0 Å². The minimum absolute atomic E-state index is 0.313. The highest BCUT2D eigenvalue weighted by Gasteiger charge is 2.19. The van der Waals surface area contributed by atoms with Crippen molar-refractivity contribution < 1.29 is 27.1 Å². The molecule has 0 radical (unpaired) electrons. The standard InChI is InChI=1S/C20H19FN2O5S/c1-2-13-5-3-8-16-17(10-22-20(13)16)18(24)12-28-19(25)11-23-29(26,27)15-7-4-6-14(21)9-15/h3-10,22-23H,2,11-12H2,1H3. The largest absolute Gasteiger partial charge is 0.456 e. The molecule has 1 heterocycles. The molecule has 0 fully saturated rings. The van der Waals surface area contributed by atoms with Gasteiger partial charge in [-0.1, -0.05) is 31.2 Å². The van der Waals surface area contributed by atoms with Gasteiger partial charge >= 0.3 is 5.97 Å². The molecule has 152 valence electrons. The van der Waals surface area contributed by atoms with Gasteiger partial charge in [-0.25, -0.2) is 12.8 Å². The number of aromatic amines is 1. The van der Waals surface area contributed by atoms with Gasteiger partial charge in [-0.05, 0) is 30.2 Å². The molecule has 0 aliphatic rings. The highest BCUT2D eigenvalue weighted by molar-refractivity contribution is 7.89. The van der Waals surface area contributed by atoms with Gasteiger partial charge in [0.15, 0.2) is 6.61 Å². The second kappa shape index (κ2) is 8.54. The third-order valence-electron chi connectivity index (χ3n) is 4.36. The van der Waals surface area contributed by atoms with Crippen molar-refractivity contribution in [2.45, 2.75) is 18.2 Å². The maximum absolute atomic E-state index is 13.2. The number of ketones is 1. The summed E-state index contributed by atoms with van der Waals surface area (Å²) < 4.78 is 44.2. The summed E-state index contributed by atoms with van der Waals surface area (Å²) in [7, 11) is -4.08. The van der Waals surface area contributed by atoms with E-state index in [1.54, 1.807) is 12.3 Å². The van der Waals surface area contributed by atoms with Crippen LogP contribution in [0.3, 0.4) is 0 Å². The Balaban J connectivity index is 1.59. The van der Waals surface area contributed by atoms with Crippen LogP contribution in [0.1, 0.15) is 22.8 Å². The second-order valence-corrected chi connectivity index (χ2v) is 8.03. The number of carbonyl (C=O) groups is 2. The van der Waals surface area contributed by atoms with Crippen LogP contribution in [-0.2, 0) is 26.0 Å². The summed E-state index contributed by atoms with van der Waals surface area (Å²) >= 11 is 0. The van der Waals surface area contributed by atoms with Crippen LogP contribution in [0.4, 0.5) is 4.39 Å². The number of aromatic nitrogens is 1. The van der Waals surface area contributed by atoms with Crippen LogP contribution >= 0.6 is 0 Å². The van der Waals surface area contributed by atoms with Gasteiger partial charge in [0.05, 0.1) is 4.90 Å².